The molecule has 0 saturated carbocycles. The number of hydrogen-bond donors (Lipinski definition) is 0. The summed E-state index contributed by atoms with van der Waals surface area (Å²) in [6.07, 6.45) is 1.69. The summed E-state index contributed by atoms with van der Waals surface area (Å²) in [6.45, 7) is 0.545. The molecule has 0 spiro atoms. The van der Waals surface area contributed by atoms with Crippen LogP contribution in [-0.2, 0) is 15.5 Å². The zero-order valence-electron chi connectivity index (χ0n) is 8.55. The molecule has 1 unspecified atom stereocenters. The zero-order chi connectivity index (χ0) is 10.7. The van der Waals surface area contributed by atoms with Gasteiger partial charge >= 0.3 is 0 Å². The second-order valence-corrected chi connectivity index (χ2v) is 4.98. The van der Waals surface area contributed by atoms with Crippen LogP contribution in [0, 0.1) is 0 Å². The molecule has 2 rings (SSSR count). The first-order valence-electron chi connectivity index (χ1n) is 4.82. The molecule has 1 aliphatic heterocycles. The van der Waals surface area contributed by atoms with E-state index in [1.54, 1.807) is 6.26 Å². The van der Waals surface area contributed by atoms with E-state index < -0.39 is 10.8 Å². The third-order valence-electron chi connectivity index (χ3n) is 2.16. The molecule has 1 aromatic carbocycles. The molecule has 1 heterocycles. The Kier molecular flexibility index (Phi) is 3.16. The molecule has 0 fully saturated rings. The molecule has 2 atom stereocenters. The predicted octanol–water partition coefficient (Wildman–Crippen LogP) is 1.21. The predicted molar refractivity (Wildman–Crippen MR) is 61.7 cm³/mol. The Labute approximate surface area is 91.6 Å². The molecule has 0 bridgehead atoms. The van der Waals surface area contributed by atoms with Gasteiger partial charge in [0.15, 0.2) is 0 Å². The standard InChI is InChI=1S/C11H13NO2S/c1-15(13)8-10-7-14-11(12-10)9-5-3-2-4-6-9/h2-6,10H,7-8H2,1H3/t10-,15?/m1/s1. The molecule has 0 aromatic heterocycles. The van der Waals surface area contributed by atoms with Gasteiger partial charge in [0.25, 0.3) is 0 Å². The lowest BCUT2D eigenvalue weighted by Gasteiger charge is -2.00. The van der Waals surface area contributed by atoms with Crippen molar-refractivity contribution in [2.45, 2.75) is 6.04 Å². The van der Waals surface area contributed by atoms with Crippen molar-refractivity contribution in [3.05, 3.63) is 35.9 Å². The van der Waals surface area contributed by atoms with Gasteiger partial charge in [0.2, 0.25) is 5.90 Å². The maximum absolute atomic E-state index is 11.0. The summed E-state index contributed by atoms with van der Waals surface area (Å²) < 4.78 is 16.5. The normalized spacial score (nSPS) is 21.9. The fourth-order valence-corrected chi connectivity index (χ4v) is 2.22. The minimum Gasteiger partial charge on any atom is -0.475 e. The number of benzene rings is 1. The van der Waals surface area contributed by atoms with Crippen molar-refractivity contribution in [3.63, 3.8) is 0 Å². The molecule has 15 heavy (non-hydrogen) atoms. The fourth-order valence-electron chi connectivity index (χ4n) is 1.51. The molecule has 3 nitrogen and oxygen atoms in total. The topological polar surface area (TPSA) is 38.7 Å². The van der Waals surface area contributed by atoms with Crippen LogP contribution >= 0.6 is 0 Å². The summed E-state index contributed by atoms with van der Waals surface area (Å²) in [6, 6.07) is 9.83. The first kappa shape index (κ1) is 10.4. The molecule has 0 aliphatic carbocycles. The van der Waals surface area contributed by atoms with Crippen LogP contribution in [0.2, 0.25) is 0 Å². The molecular formula is C11H13NO2S. The van der Waals surface area contributed by atoms with Crippen LogP contribution in [0.4, 0.5) is 0 Å². The first-order chi connectivity index (χ1) is 7.25. The maximum atomic E-state index is 11.0. The molecule has 4 heteroatoms. The van der Waals surface area contributed by atoms with Gasteiger partial charge in [0.05, 0.1) is 6.04 Å². The van der Waals surface area contributed by atoms with Crippen LogP contribution in [0.15, 0.2) is 35.3 Å². The SMILES string of the molecule is CS(=O)C[C@H]1COC(c2ccccc2)=N1. The number of rotatable bonds is 3. The van der Waals surface area contributed by atoms with Gasteiger partial charge in [-0.15, -0.1) is 0 Å². The second-order valence-electron chi connectivity index (χ2n) is 3.50. The van der Waals surface area contributed by atoms with E-state index in [0.29, 0.717) is 18.3 Å². The molecule has 1 aliphatic rings. The van der Waals surface area contributed by atoms with Crippen LogP contribution in [0.3, 0.4) is 0 Å². The molecule has 0 amide bonds. The van der Waals surface area contributed by atoms with Crippen LogP contribution in [0.25, 0.3) is 0 Å². The average Bonchev–Trinajstić information content (AvgIpc) is 2.67. The Morgan fingerprint density at radius 3 is 2.87 bits per heavy atom. The van der Waals surface area contributed by atoms with Crippen molar-refractivity contribution in [2.24, 2.45) is 4.99 Å². The molecule has 0 saturated heterocycles. The van der Waals surface area contributed by atoms with Gasteiger partial charge in [0, 0.05) is 28.4 Å². The summed E-state index contributed by atoms with van der Waals surface area (Å²) in [7, 11) is -0.814. The highest BCUT2D eigenvalue weighted by Crippen LogP contribution is 2.12. The third-order valence-corrected chi connectivity index (χ3v) is 3.01. The number of nitrogens with zero attached hydrogens (tertiary/aromatic N) is 1. The average molecular weight is 223 g/mol. The fraction of sp³-hybridized carbons (Fsp3) is 0.364. The van der Waals surface area contributed by atoms with E-state index in [9.17, 15) is 4.21 Å². The Bertz CT molecular complexity index is 389. The van der Waals surface area contributed by atoms with Crippen molar-refractivity contribution in [1.29, 1.82) is 0 Å². The number of hydrogen-bond acceptors (Lipinski definition) is 3. The lowest BCUT2D eigenvalue weighted by Crippen LogP contribution is -2.15. The van der Waals surface area contributed by atoms with Crippen LogP contribution in [0.1, 0.15) is 5.56 Å². The zero-order valence-corrected chi connectivity index (χ0v) is 9.37. The minimum atomic E-state index is -0.814. The van der Waals surface area contributed by atoms with Gasteiger partial charge in [-0.1, -0.05) is 18.2 Å². The van der Waals surface area contributed by atoms with Crippen molar-refractivity contribution in [1.82, 2.24) is 0 Å². The van der Waals surface area contributed by atoms with E-state index in [-0.39, 0.29) is 6.04 Å². The van der Waals surface area contributed by atoms with Crippen molar-refractivity contribution in [2.75, 3.05) is 18.6 Å². The van der Waals surface area contributed by atoms with Crippen molar-refractivity contribution < 1.29 is 8.95 Å². The molecule has 80 valence electrons. The summed E-state index contributed by atoms with van der Waals surface area (Å²) in [5.41, 5.74) is 0.988. The maximum Gasteiger partial charge on any atom is 0.216 e. The van der Waals surface area contributed by atoms with E-state index in [4.69, 9.17) is 4.74 Å². The molecule has 0 radical (unpaired) electrons. The lowest BCUT2D eigenvalue weighted by atomic mass is 10.2. The van der Waals surface area contributed by atoms with Gasteiger partial charge in [0.1, 0.15) is 6.61 Å². The monoisotopic (exact) mass is 223 g/mol. The largest absolute Gasteiger partial charge is 0.475 e. The van der Waals surface area contributed by atoms with E-state index in [2.05, 4.69) is 4.99 Å². The Morgan fingerprint density at radius 2 is 2.20 bits per heavy atom. The quantitative estimate of drug-likeness (QED) is 0.772. The van der Waals surface area contributed by atoms with Gasteiger partial charge in [-0.25, -0.2) is 4.99 Å². The summed E-state index contributed by atoms with van der Waals surface area (Å²) >= 11 is 0. The summed E-state index contributed by atoms with van der Waals surface area (Å²) in [5.74, 6) is 1.25. The second kappa shape index (κ2) is 4.57. The molecule has 1 aromatic rings. The van der Waals surface area contributed by atoms with E-state index >= 15 is 0 Å². The minimum absolute atomic E-state index is 0.0473. The van der Waals surface area contributed by atoms with Crippen molar-refractivity contribution in [3.8, 4) is 0 Å². The van der Waals surface area contributed by atoms with Gasteiger partial charge in [-0.2, -0.15) is 0 Å². The number of aliphatic imine (C=N–C) groups is 1. The van der Waals surface area contributed by atoms with Crippen LogP contribution in [-0.4, -0.2) is 34.8 Å². The third kappa shape index (κ3) is 2.65. The summed E-state index contributed by atoms with van der Waals surface area (Å²) in [4.78, 5) is 4.40. The van der Waals surface area contributed by atoms with E-state index in [0.717, 1.165) is 5.56 Å². The van der Waals surface area contributed by atoms with Gasteiger partial charge in [-0.3, -0.25) is 4.21 Å². The highest BCUT2D eigenvalue weighted by Gasteiger charge is 2.20. The van der Waals surface area contributed by atoms with Crippen molar-refractivity contribution >= 4 is 16.7 Å². The van der Waals surface area contributed by atoms with Crippen LogP contribution in [0.5, 0.6) is 0 Å². The Hall–Kier alpha value is -1.16. The smallest absolute Gasteiger partial charge is 0.216 e. The molecule has 0 N–H and O–H groups in total. The van der Waals surface area contributed by atoms with E-state index in [1.165, 1.54) is 0 Å². The Balaban J connectivity index is 2.10. The highest BCUT2D eigenvalue weighted by molar-refractivity contribution is 7.84. The van der Waals surface area contributed by atoms with Gasteiger partial charge < -0.3 is 4.74 Å². The summed E-state index contributed by atoms with van der Waals surface area (Å²) in [5, 5.41) is 0. The first-order valence-corrected chi connectivity index (χ1v) is 6.54. The van der Waals surface area contributed by atoms with E-state index in [1.807, 2.05) is 30.3 Å². The highest BCUT2D eigenvalue weighted by atomic mass is 32.2. The Morgan fingerprint density at radius 1 is 1.47 bits per heavy atom. The van der Waals surface area contributed by atoms with Crippen LogP contribution < -0.4 is 0 Å². The lowest BCUT2D eigenvalue weighted by molar-refractivity contribution is 0.325. The van der Waals surface area contributed by atoms with Gasteiger partial charge in [-0.05, 0) is 12.1 Å². The molecular weight excluding hydrogens is 210 g/mol. The number of ether oxygens (including phenoxy) is 1.